The lowest BCUT2D eigenvalue weighted by Crippen LogP contribution is -2.34. The third-order valence-corrected chi connectivity index (χ3v) is 5.31. The number of nitro benzene ring substituents is 2. The van der Waals surface area contributed by atoms with Crippen molar-refractivity contribution in [3.63, 3.8) is 0 Å². The number of rotatable bonds is 5. The summed E-state index contributed by atoms with van der Waals surface area (Å²) in [5.41, 5.74) is 1.15. The van der Waals surface area contributed by atoms with Crippen LogP contribution in [-0.2, 0) is 0 Å². The van der Waals surface area contributed by atoms with Gasteiger partial charge in [-0.1, -0.05) is 13.0 Å². The highest BCUT2D eigenvalue weighted by molar-refractivity contribution is 6.09. The minimum Gasteiger partial charge on any atom is -0.371 e. The number of nitrogens with zero attached hydrogens (tertiary/aromatic N) is 3. The van der Waals surface area contributed by atoms with Gasteiger partial charge < -0.3 is 10.2 Å². The zero-order valence-corrected chi connectivity index (χ0v) is 16.3. The predicted molar refractivity (Wildman–Crippen MR) is 109 cm³/mol. The van der Waals surface area contributed by atoms with E-state index < -0.39 is 15.8 Å². The standard InChI is InChI=1S/C20H22N4O5/c1-13-8-10-22(11-9-13)19-7-6-15(23(26)27)12-16(19)20(25)21-17-4-3-5-18(14(17)2)24(28)29/h3-7,12-13H,8-11H2,1-2H3,(H,21,25). The topological polar surface area (TPSA) is 119 Å². The molecule has 2 aromatic carbocycles. The number of hydrogen-bond acceptors (Lipinski definition) is 6. The Morgan fingerprint density at radius 2 is 1.79 bits per heavy atom. The quantitative estimate of drug-likeness (QED) is 0.592. The third kappa shape index (κ3) is 4.34. The van der Waals surface area contributed by atoms with Gasteiger partial charge in [0, 0.05) is 31.3 Å². The molecule has 2 aromatic rings. The van der Waals surface area contributed by atoms with Crippen molar-refractivity contribution in [2.45, 2.75) is 26.7 Å². The summed E-state index contributed by atoms with van der Waals surface area (Å²) in [7, 11) is 0. The number of piperidine rings is 1. The Labute approximate surface area is 167 Å². The Balaban J connectivity index is 1.96. The molecule has 1 heterocycles. The summed E-state index contributed by atoms with van der Waals surface area (Å²) in [5.74, 6) is 0.0556. The monoisotopic (exact) mass is 398 g/mol. The van der Waals surface area contributed by atoms with Crippen molar-refractivity contribution in [3.8, 4) is 0 Å². The minimum atomic E-state index is -0.544. The lowest BCUT2D eigenvalue weighted by Gasteiger charge is -2.33. The number of nitro groups is 2. The van der Waals surface area contributed by atoms with Gasteiger partial charge in [-0.2, -0.15) is 0 Å². The van der Waals surface area contributed by atoms with Crippen LogP contribution >= 0.6 is 0 Å². The van der Waals surface area contributed by atoms with E-state index >= 15 is 0 Å². The maximum Gasteiger partial charge on any atom is 0.274 e. The van der Waals surface area contributed by atoms with Gasteiger partial charge in [-0.05, 0) is 37.8 Å². The highest BCUT2D eigenvalue weighted by atomic mass is 16.6. The highest BCUT2D eigenvalue weighted by Crippen LogP contribution is 2.31. The zero-order valence-electron chi connectivity index (χ0n) is 16.3. The van der Waals surface area contributed by atoms with Gasteiger partial charge in [-0.25, -0.2) is 0 Å². The summed E-state index contributed by atoms with van der Waals surface area (Å²) in [6.45, 7) is 5.24. The van der Waals surface area contributed by atoms with Gasteiger partial charge >= 0.3 is 0 Å². The van der Waals surface area contributed by atoms with Crippen LogP contribution in [0.5, 0.6) is 0 Å². The maximum atomic E-state index is 13.0. The van der Waals surface area contributed by atoms with E-state index in [1.165, 1.54) is 24.3 Å². The molecule has 0 aliphatic carbocycles. The lowest BCUT2D eigenvalue weighted by molar-refractivity contribution is -0.385. The molecule has 9 nitrogen and oxygen atoms in total. The number of amides is 1. The molecule has 1 amide bonds. The summed E-state index contributed by atoms with van der Waals surface area (Å²) in [6.07, 6.45) is 1.95. The Kier molecular flexibility index (Phi) is 5.76. The first-order valence-corrected chi connectivity index (χ1v) is 9.36. The fraction of sp³-hybridized carbons (Fsp3) is 0.350. The zero-order chi connectivity index (χ0) is 21.1. The molecule has 29 heavy (non-hydrogen) atoms. The largest absolute Gasteiger partial charge is 0.371 e. The van der Waals surface area contributed by atoms with Crippen LogP contribution in [0.1, 0.15) is 35.7 Å². The number of carbonyl (C=O) groups is 1. The molecule has 9 heteroatoms. The molecule has 1 aliphatic rings. The van der Waals surface area contributed by atoms with Crippen molar-refractivity contribution in [2.24, 2.45) is 5.92 Å². The SMILES string of the molecule is Cc1c(NC(=O)c2cc([N+](=O)[O-])ccc2N2CCC(C)CC2)cccc1[N+](=O)[O-]. The van der Waals surface area contributed by atoms with Gasteiger partial charge in [0.15, 0.2) is 0 Å². The molecule has 1 fully saturated rings. The molecule has 152 valence electrons. The lowest BCUT2D eigenvalue weighted by atomic mass is 9.97. The van der Waals surface area contributed by atoms with Crippen molar-refractivity contribution < 1.29 is 14.6 Å². The van der Waals surface area contributed by atoms with E-state index in [1.54, 1.807) is 19.1 Å². The van der Waals surface area contributed by atoms with Crippen LogP contribution in [0.15, 0.2) is 36.4 Å². The first kappa shape index (κ1) is 20.2. The molecule has 0 atom stereocenters. The van der Waals surface area contributed by atoms with Gasteiger partial charge in [-0.3, -0.25) is 25.0 Å². The van der Waals surface area contributed by atoms with E-state index in [2.05, 4.69) is 17.1 Å². The summed E-state index contributed by atoms with van der Waals surface area (Å²) in [4.78, 5) is 36.4. The molecule has 0 radical (unpaired) electrons. The summed E-state index contributed by atoms with van der Waals surface area (Å²) in [6, 6.07) is 8.67. The van der Waals surface area contributed by atoms with Crippen LogP contribution in [0, 0.1) is 33.1 Å². The smallest absolute Gasteiger partial charge is 0.274 e. The highest BCUT2D eigenvalue weighted by Gasteiger charge is 2.24. The van der Waals surface area contributed by atoms with Crippen molar-refractivity contribution in [2.75, 3.05) is 23.3 Å². The van der Waals surface area contributed by atoms with Crippen LogP contribution in [0.25, 0.3) is 0 Å². The van der Waals surface area contributed by atoms with E-state index in [9.17, 15) is 25.0 Å². The van der Waals surface area contributed by atoms with E-state index in [0.717, 1.165) is 25.9 Å². The Bertz CT molecular complexity index is 967. The van der Waals surface area contributed by atoms with Gasteiger partial charge in [0.25, 0.3) is 17.3 Å². The second-order valence-corrected chi connectivity index (χ2v) is 7.29. The number of anilines is 2. The second kappa shape index (κ2) is 8.26. The van der Waals surface area contributed by atoms with Crippen molar-refractivity contribution >= 4 is 28.7 Å². The van der Waals surface area contributed by atoms with E-state index in [4.69, 9.17) is 0 Å². The molecule has 3 rings (SSSR count). The maximum absolute atomic E-state index is 13.0. The van der Waals surface area contributed by atoms with Crippen LogP contribution in [0.3, 0.4) is 0 Å². The number of nitrogens with one attached hydrogen (secondary N) is 1. The summed E-state index contributed by atoms with van der Waals surface area (Å²) >= 11 is 0. The molecule has 0 spiro atoms. The van der Waals surface area contributed by atoms with E-state index in [1.807, 2.05) is 0 Å². The number of carbonyl (C=O) groups excluding carboxylic acids is 1. The fourth-order valence-electron chi connectivity index (χ4n) is 3.49. The number of benzene rings is 2. The fourth-order valence-corrected chi connectivity index (χ4v) is 3.49. The molecule has 0 bridgehead atoms. The molecular formula is C20H22N4O5. The van der Waals surface area contributed by atoms with Gasteiger partial charge in [0.05, 0.1) is 32.3 Å². The summed E-state index contributed by atoms with van der Waals surface area (Å²) < 4.78 is 0. The van der Waals surface area contributed by atoms with E-state index in [-0.39, 0.29) is 16.9 Å². The first-order valence-electron chi connectivity index (χ1n) is 9.36. The molecule has 1 aliphatic heterocycles. The van der Waals surface area contributed by atoms with Crippen LogP contribution in [0.4, 0.5) is 22.7 Å². The van der Waals surface area contributed by atoms with Crippen LogP contribution in [0.2, 0.25) is 0 Å². The number of non-ortho nitro benzene ring substituents is 1. The Hall–Kier alpha value is -3.49. The molecule has 0 unspecified atom stereocenters. The van der Waals surface area contributed by atoms with Crippen LogP contribution in [-0.4, -0.2) is 28.8 Å². The van der Waals surface area contributed by atoms with E-state index in [0.29, 0.717) is 22.9 Å². The second-order valence-electron chi connectivity index (χ2n) is 7.29. The average Bonchev–Trinajstić information content (AvgIpc) is 2.69. The van der Waals surface area contributed by atoms with Crippen molar-refractivity contribution in [1.29, 1.82) is 0 Å². The van der Waals surface area contributed by atoms with Gasteiger partial charge in [0.2, 0.25) is 0 Å². The molecule has 0 aromatic heterocycles. The first-order chi connectivity index (χ1) is 13.8. The molecular weight excluding hydrogens is 376 g/mol. The summed E-state index contributed by atoms with van der Waals surface area (Å²) in [5, 5.41) is 25.1. The predicted octanol–water partition coefficient (Wildman–Crippen LogP) is 4.30. The Morgan fingerprint density at radius 1 is 1.10 bits per heavy atom. The molecule has 0 saturated carbocycles. The Morgan fingerprint density at radius 3 is 2.41 bits per heavy atom. The number of hydrogen-bond donors (Lipinski definition) is 1. The molecule has 1 N–H and O–H groups in total. The normalized spacial score (nSPS) is 14.5. The van der Waals surface area contributed by atoms with Crippen molar-refractivity contribution in [3.05, 3.63) is 67.8 Å². The minimum absolute atomic E-state index is 0.105. The third-order valence-electron chi connectivity index (χ3n) is 5.31. The van der Waals surface area contributed by atoms with Gasteiger partial charge in [-0.15, -0.1) is 0 Å². The van der Waals surface area contributed by atoms with Gasteiger partial charge in [0.1, 0.15) is 0 Å². The van der Waals surface area contributed by atoms with Crippen molar-refractivity contribution in [1.82, 2.24) is 0 Å². The average molecular weight is 398 g/mol. The molecule has 1 saturated heterocycles. The van der Waals surface area contributed by atoms with Crippen LogP contribution < -0.4 is 10.2 Å².